The van der Waals surface area contributed by atoms with E-state index < -0.39 is 22.8 Å². The van der Waals surface area contributed by atoms with E-state index in [0.717, 1.165) is 38.5 Å². The molecule has 0 saturated heterocycles. The van der Waals surface area contributed by atoms with Crippen molar-refractivity contribution in [2.24, 2.45) is 10.8 Å². The number of rotatable bonds is 11. The van der Waals surface area contributed by atoms with Crippen molar-refractivity contribution in [1.82, 2.24) is 0 Å². The highest BCUT2D eigenvalue weighted by atomic mass is 16.4. The molecular weight excluding hydrogens is 256 g/mol. The van der Waals surface area contributed by atoms with Gasteiger partial charge in [0, 0.05) is 0 Å². The van der Waals surface area contributed by atoms with Crippen molar-refractivity contribution in [2.45, 2.75) is 79.1 Å². The molecule has 0 spiro atoms. The second-order valence-corrected chi connectivity index (χ2v) is 7.00. The number of hydrogen-bond acceptors (Lipinski definition) is 2. The fraction of sp³-hybridized carbons (Fsp3) is 0.875. The first-order valence-electron chi connectivity index (χ1n) is 7.56. The van der Waals surface area contributed by atoms with Gasteiger partial charge in [-0.25, -0.2) is 0 Å². The van der Waals surface area contributed by atoms with Gasteiger partial charge in [0.05, 0.1) is 10.8 Å². The van der Waals surface area contributed by atoms with Crippen LogP contribution in [-0.4, -0.2) is 22.2 Å². The Hall–Kier alpha value is -1.06. The number of carboxylic acid groups (broad SMARTS) is 2. The van der Waals surface area contributed by atoms with Crippen molar-refractivity contribution >= 4 is 11.9 Å². The molecule has 4 heteroatoms. The summed E-state index contributed by atoms with van der Waals surface area (Å²) in [6.45, 7) is 7.07. The second kappa shape index (κ2) is 8.28. The van der Waals surface area contributed by atoms with E-state index >= 15 is 0 Å². The Kier molecular flexibility index (Phi) is 7.84. The largest absolute Gasteiger partial charge is 0.481 e. The molecule has 0 aliphatic heterocycles. The average Bonchev–Trinajstić information content (AvgIpc) is 2.31. The Morgan fingerprint density at radius 1 is 0.650 bits per heavy atom. The molecule has 2 N–H and O–H groups in total. The van der Waals surface area contributed by atoms with Gasteiger partial charge in [-0.2, -0.15) is 0 Å². The van der Waals surface area contributed by atoms with Crippen LogP contribution >= 0.6 is 0 Å². The van der Waals surface area contributed by atoms with Gasteiger partial charge >= 0.3 is 11.9 Å². The maximum absolute atomic E-state index is 10.9. The monoisotopic (exact) mass is 286 g/mol. The van der Waals surface area contributed by atoms with Crippen LogP contribution in [0.4, 0.5) is 0 Å². The summed E-state index contributed by atoms with van der Waals surface area (Å²) in [4.78, 5) is 21.9. The van der Waals surface area contributed by atoms with E-state index in [4.69, 9.17) is 10.2 Å². The van der Waals surface area contributed by atoms with Gasteiger partial charge in [0.15, 0.2) is 0 Å². The number of hydrogen-bond donors (Lipinski definition) is 2. The molecule has 0 aromatic carbocycles. The summed E-state index contributed by atoms with van der Waals surface area (Å²) in [5.74, 6) is -1.46. The van der Waals surface area contributed by atoms with Crippen molar-refractivity contribution in [1.29, 1.82) is 0 Å². The lowest BCUT2D eigenvalue weighted by Crippen LogP contribution is -2.23. The van der Waals surface area contributed by atoms with Gasteiger partial charge in [0.25, 0.3) is 0 Å². The summed E-state index contributed by atoms with van der Waals surface area (Å²) >= 11 is 0. The lowest BCUT2D eigenvalue weighted by Gasteiger charge is -2.19. The SMILES string of the molecule is CC(C)(CCCCCCCCC(C)(C)C(=O)O)C(=O)O. The lowest BCUT2D eigenvalue weighted by molar-refractivity contribution is -0.148. The summed E-state index contributed by atoms with van der Waals surface area (Å²) < 4.78 is 0. The molecule has 0 unspecified atom stereocenters. The molecule has 0 aliphatic rings. The van der Waals surface area contributed by atoms with Gasteiger partial charge in [-0.15, -0.1) is 0 Å². The molecule has 0 atom stereocenters. The number of unbranched alkanes of at least 4 members (excludes halogenated alkanes) is 5. The fourth-order valence-corrected chi connectivity index (χ4v) is 2.05. The van der Waals surface area contributed by atoms with Crippen molar-refractivity contribution < 1.29 is 19.8 Å². The van der Waals surface area contributed by atoms with Gasteiger partial charge in [0.2, 0.25) is 0 Å². The lowest BCUT2D eigenvalue weighted by atomic mass is 9.86. The van der Waals surface area contributed by atoms with E-state index in [1.54, 1.807) is 27.7 Å². The highest BCUT2D eigenvalue weighted by Crippen LogP contribution is 2.26. The first kappa shape index (κ1) is 18.9. The van der Waals surface area contributed by atoms with Crippen LogP contribution in [0.5, 0.6) is 0 Å². The molecule has 0 fully saturated rings. The molecule has 0 aromatic heterocycles. The summed E-state index contributed by atoms with van der Waals surface area (Å²) in [7, 11) is 0. The molecule has 0 aliphatic carbocycles. The minimum absolute atomic E-state index is 0.620. The van der Waals surface area contributed by atoms with E-state index in [1.807, 2.05) is 0 Å². The van der Waals surface area contributed by atoms with Crippen LogP contribution in [0.25, 0.3) is 0 Å². The molecule has 0 heterocycles. The summed E-state index contributed by atoms with van der Waals surface area (Å²) in [6, 6.07) is 0. The van der Waals surface area contributed by atoms with E-state index in [2.05, 4.69) is 0 Å². The van der Waals surface area contributed by atoms with Gasteiger partial charge in [-0.05, 0) is 40.5 Å². The smallest absolute Gasteiger partial charge is 0.309 e. The Bertz CT molecular complexity index is 286. The van der Waals surface area contributed by atoms with E-state index in [-0.39, 0.29) is 0 Å². The predicted molar refractivity (Wildman–Crippen MR) is 79.8 cm³/mol. The van der Waals surface area contributed by atoms with E-state index in [1.165, 1.54) is 0 Å². The zero-order chi connectivity index (χ0) is 15.8. The van der Waals surface area contributed by atoms with E-state index in [9.17, 15) is 9.59 Å². The van der Waals surface area contributed by atoms with Crippen molar-refractivity contribution in [3.8, 4) is 0 Å². The van der Waals surface area contributed by atoms with Crippen molar-refractivity contribution in [3.63, 3.8) is 0 Å². The topological polar surface area (TPSA) is 74.6 Å². The molecule has 20 heavy (non-hydrogen) atoms. The molecular formula is C16H30O4. The normalized spacial score (nSPS) is 12.4. The maximum Gasteiger partial charge on any atom is 0.309 e. The van der Waals surface area contributed by atoms with Crippen LogP contribution in [-0.2, 0) is 9.59 Å². The van der Waals surface area contributed by atoms with E-state index in [0.29, 0.717) is 12.8 Å². The molecule has 0 amide bonds. The van der Waals surface area contributed by atoms with Crippen molar-refractivity contribution in [3.05, 3.63) is 0 Å². The minimum atomic E-state index is -0.728. The van der Waals surface area contributed by atoms with Crippen LogP contribution in [0.2, 0.25) is 0 Å². The molecule has 0 rings (SSSR count). The third-order valence-corrected chi connectivity index (χ3v) is 4.01. The molecule has 0 aromatic rings. The van der Waals surface area contributed by atoms with Gasteiger partial charge < -0.3 is 10.2 Å². The second-order valence-electron chi connectivity index (χ2n) is 7.00. The Labute approximate surface area is 122 Å². The van der Waals surface area contributed by atoms with Crippen LogP contribution in [0.1, 0.15) is 79.1 Å². The zero-order valence-corrected chi connectivity index (χ0v) is 13.4. The summed E-state index contributed by atoms with van der Waals surface area (Å²) in [6.07, 6.45) is 7.63. The van der Waals surface area contributed by atoms with Crippen LogP contribution < -0.4 is 0 Å². The van der Waals surface area contributed by atoms with Crippen LogP contribution in [0, 0.1) is 10.8 Å². The molecule has 0 saturated carbocycles. The Morgan fingerprint density at radius 2 is 0.900 bits per heavy atom. The Morgan fingerprint density at radius 3 is 1.15 bits per heavy atom. The van der Waals surface area contributed by atoms with Gasteiger partial charge in [-0.3, -0.25) is 9.59 Å². The number of carboxylic acids is 2. The predicted octanol–water partition coefficient (Wildman–Crippen LogP) is 4.33. The first-order chi connectivity index (χ1) is 9.09. The summed E-state index contributed by atoms with van der Waals surface area (Å²) in [5.41, 5.74) is -1.24. The van der Waals surface area contributed by atoms with Gasteiger partial charge in [-0.1, -0.05) is 38.5 Å². The Balaban J connectivity index is 3.56. The fourth-order valence-electron chi connectivity index (χ4n) is 2.05. The number of carbonyl (C=O) groups is 2. The zero-order valence-electron chi connectivity index (χ0n) is 13.4. The molecule has 0 bridgehead atoms. The molecule has 4 nitrogen and oxygen atoms in total. The average molecular weight is 286 g/mol. The minimum Gasteiger partial charge on any atom is -0.481 e. The van der Waals surface area contributed by atoms with Gasteiger partial charge in [0.1, 0.15) is 0 Å². The highest BCUT2D eigenvalue weighted by Gasteiger charge is 2.26. The van der Waals surface area contributed by atoms with Crippen LogP contribution in [0.15, 0.2) is 0 Å². The molecule has 0 radical (unpaired) electrons. The third kappa shape index (κ3) is 7.51. The molecule has 118 valence electrons. The third-order valence-electron chi connectivity index (χ3n) is 4.01. The van der Waals surface area contributed by atoms with Crippen molar-refractivity contribution in [2.75, 3.05) is 0 Å². The van der Waals surface area contributed by atoms with Crippen LogP contribution in [0.3, 0.4) is 0 Å². The highest BCUT2D eigenvalue weighted by molar-refractivity contribution is 5.73. The maximum atomic E-state index is 10.9. The first-order valence-corrected chi connectivity index (χ1v) is 7.56. The number of aliphatic carboxylic acids is 2. The quantitative estimate of drug-likeness (QED) is 0.554. The standard InChI is InChI=1S/C16H30O4/c1-15(2,13(17)18)11-9-7-5-6-8-10-12-16(3,4)14(19)20/h5-12H2,1-4H3,(H,17,18)(H,19,20). The summed E-state index contributed by atoms with van der Waals surface area (Å²) in [5, 5.41) is 18.0.